The van der Waals surface area contributed by atoms with Crippen molar-refractivity contribution in [1.29, 1.82) is 0 Å². The lowest BCUT2D eigenvalue weighted by molar-refractivity contribution is 0.0474. The van der Waals surface area contributed by atoms with E-state index in [2.05, 4.69) is 15.3 Å². The van der Waals surface area contributed by atoms with Crippen LogP contribution in [0.5, 0.6) is 0 Å². The van der Waals surface area contributed by atoms with Crippen molar-refractivity contribution < 1.29 is 14.3 Å². The third-order valence-electron chi connectivity index (χ3n) is 4.73. The smallest absolute Gasteiger partial charge is 0.338 e. The third kappa shape index (κ3) is 3.44. The number of esters is 1. The van der Waals surface area contributed by atoms with Crippen molar-refractivity contribution in [1.82, 2.24) is 24.5 Å². The van der Waals surface area contributed by atoms with Crippen LogP contribution in [-0.2, 0) is 11.3 Å². The number of hydrogen-bond donors (Lipinski definition) is 0. The van der Waals surface area contributed by atoms with E-state index in [1.807, 2.05) is 30.7 Å². The Morgan fingerprint density at radius 1 is 1.21 bits per heavy atom. The maximum atomic E-state index is 12.7. The molecule has 0 saturated carbocycles. The van der Waals surface area contributed by atoms with Gasteiger partial charge in [0.05, 0.1) is 11.1 Å². The van der Waals surface area contributed by atoms with Gasteiger partial charge in [-0.15, -0.1) is 16.4 Å². The number of nitrogens with zero attached hydrogens (tertiary/aromatic N) is 5. The molecular formula is C20H19N5O3S. The average Bonchev–Trinajstić information content (AvgIpc) is 3.44. The molecule has 0 saturated heterocycles. The molecule has 0 amide bonds. The number of carbonyl (C=O) groups excluding carboxylic acids is 2. The normalized spacial score (nSPS) is 11.1. The van der Waals surface area contributed by atoms with Crippen LogP contribution in [0.1, 0.15) is 39.0 Å². The Bertz CT molecular complexity index is 1210. The molecule has 0 aliphatic carbocycles. The monoisotopic (exact) mass is 409 g/mol. The lowest BCUT2D eigenvalue weighted by Crippen LogP contribution is -2.15. The standard InChI is InChI=1S/C20H19N5O3S/c1-4-24-17-6-5-14(10-16(17)22-23-24)19(27)28-11-18(26)15-9-12(2)25(13(15)3)20-21-7-8-29-20/h5-10H,4,11H2,1-3H3. The molecule has 8 nitrogen and oxygen atoms in total. The molecule has 3 aromatic heterocycles. The van der Waals surface area contributed by atoms with Crippen LogP contribution in [0.2, 0.25) is 0 Å². The molecule has 0 fully saturated rings. The Kier molecular flexibility index (Phi) is 4.98. The highest BCUT2D eigenvalue weighted by atomic mass is 32.1. The topological polar surface area (TPSA) is 91.9 Å². The number of thiazole rings is 1. The first kappa shape index (κ1) is 19.0. The van der Waals surface area contributed by atoms with Crippen molar-refractivity contribution >= 4 is 34.1 Å². The SMILES string of the molecule is CCn1nnc2cc(C(=O)OCC(=O)c3cc(C)n(-c4nccs4)c3C)ccc21. The van der Waals surface area contributed by atoms with Gasteiger partial charge in [0, 0.05) is 35.1 Å². The number of aryl methyl sites for hydroxylation is 2. The molecule has 0 atom stereocenters. The molecule has 0 radical (unpaired) electrons. The van der Waals surface area contributed by atoms with Crippen LogP contribution in [0.25, 0.3) is 16.2 Å². The molecule has 148 valence electrons. The van der Waals surface area contributed by atoms with E-state index in [0.717, 1.165) is 22.0 Å². The van der Waals surface area contributed by atoms with Gasteiger partial charge >= 0.3 is 5.97 Å². The van der Waals surface area contributed by atoms with Gasteiger partial charge in [-0.1, -0.05) is 5.21 Å². The molecule has 0 aliphatic rings. The first-order valence-electron chi connectivity index (χ1n) is 9.12. The van der Waals surface area contributed by atoms with Crippen LogP contribution in [0, 0.1) is 13.8 Å². The van der Waals surface area contributed by atoms with Crippen molar-refractivity contribution in [3.05, 3.63) is 58.4 Å². The Morgan fingerprint density at radius 3 is 2.76 bits per heavy atom. The predicted molar refractivity (Wildman–Crippen MR) is 109 cm³/mol. The highest BCUT2D eigenvalue weighted by Gasteiger charge is 2.20. The summed E-state index contributed by atoms with van der Waals surface area (Å²) in [4.78, 5) is 29.4. The summed E-state index contributed by atoms with van der Waals surface area (Å²) in [6.45, 7) is 6.09. The third-order valence-corrected chi connectivity index (χ3v) is 5.48. The van der Waals surface area contributed by atoms with Crippen LogP contribution in [0.15, 0.2) is 35.8 Å². The van der Waals surface area contributed by atoms with Gasteiger partial charge in [-0.25, -0.2) is 14.5 Å². The second-order valence-corrected chi connectivity index (χ2v) is 7.42. The number of ketones is 1. The zero-order valence-electron chi connectivity index (χ0n) is 16.2. The van der Waals surface area contributed by atoms with Gasteiger partial charge < -0.3 is 4.74 Å². The number of rotatable bonds is 6. The first-order chi connectivity index (χ1) is 14.0. The lowest BCUT2D eigenvalue weighted by Gasteiger charge is -2.06. The molecule has 0 spiro atoms. The Balaban J connectivity index is 1.49. The fraction of sp³-hybridized carbons (Fsp3) is 0.250. The molecule has 4 rings (SSSR count). The number of aromatic nitrogens is 5. The zero-order chi connectivity index (χ0) is 20.5. The lowest BCUT2D eigenvalue weighted by atomic mass is 10.1. The largest absolute Gasteiger partial charge is 0.454 e. The highest BCUT2D eigenvalue weighted by molar-refractivity contribution is 7.12. The van der Waals surface area contributed by atoms with E-state index in [1.54, 1.807) is 35.1 Å². The Labute approximate surface area is 170 Å². The molecule has 29 heavy (non-hydrogen) atoms. The van der Waals surface area contributed by atoms with Gasteiger partial charge in [0.25, 0.3) is 0 Å². The van der Waals surface area contributed by atoms with Gasteiger partial charge in [0.15, 0.2) is 11.7 Å². The summed E-state index contributed by atoms with van der Waals surface area (Å²) in [5.74, 6) is -0.827. The molecule has 0 bridgehead atoms. The fourth-order valence-corrected chi connectivity index (χ4v) is 4.04. The number of fused-ring (bicyclic) bond motifs is 1. The summed E-state index contributed by atoms with van der Waals surface area (Å²) in [6.07, 6.45) is 1.72. The minimum absolute atomic E-state index is 0.257. The van der Waals surface area contributed by atoms with Gasteiger partial charge in [0.1, 0.15) is 5.52 Å². The van der Waals surface area contributed by atoms with Gasteiger partial charge in [-0.2, -0.15) is 0 Å². The molecule has 4 aromatic rings. The van der Waals surface area contributed by atoms with Gasteiger partial charge in [-0.05, 0) is 45.0 Å². The second kappa shape index (κ2) is 7.59. The molecule has 3 heterocycles. The zero-order valence-corrected chi connectivity index (χ0v) is 17.1. The van der Waals surface area contributed by atoms with Crippen molar-refractivity contribution in [2.24, 2.45) is 0 Å². The molecule has 9 heteroatoms. The van der Waals surface area contributed by atoms with Crippen molar-refractivity contribution in [2.45, 2.75) is 27.3 Å². The molecular weight excluding hydrogens is 390 g/mol. The molecule has 0 aliphatic heterocycles. The Hall–Kier alpha value is -3.33. The molecule has 1 aromatic carbocycles. The summed E-state index contributed by atoms with van der Waals surface area (Å²) in [5, 5.41) is 10.8. The number of carbonyl (C=O) groups is 2. The van der Waals surface area contributed by atoms with E-state index in [4.69, 9.17) is 4.74 Å². The minimum Gasteiger partial charge on any atom is -0.454 e. The van der Waals surface area contributed by atoms with Crippen LogP contribution >= 0.6 is 11.3 Å². The summed E-state index contributed by atoms with van der Waals surface area (Å²) in [7, 11) is 0. The van der Waals surface area contributed by atoms with Crippen LogP contribution in [0.3, 0.4) is 0 Å². The maximum Gasteiger partial charge on any atom is 0.338 e. The van der Waals surface area contributed by atoms with Gasteiger partial charge in [0.2, 0.25) is 5.78 Å². The van der Waals surface area contributed by atoms with Crippen LogP contribution < -0.4 is 0 Å². The Morgan fingerprint density at radius 2 is 2.03 bits per heavy atom. The maximum absolute atomic E-state index is 12.7. The van der Waals surface area contributed by atoms with E-state index in [9.17, 15) is 9.59 Å². The first-order valence-corrected chi connectivity index (χ1v) is 10.00. The van der Waals surface area contributed by atoms with Crippen LogP contribution in [0.4, 0.5) is 0 Å². The van der Waals surface area contributed by atoms with Gasteiger partial charge in [-0.3, -0.25) is 9.36 Å². The van der Waals surface area contributed by atoms with Crippen molar-refractivity contribution in [2.75, 3.05) is 6.61 Å². The number of Topliss-reactive ketones (excluding diaryl/α,β-unsaturated/α-hetero) is 1. The number of benzene rings is 1. The average molecular weight is 409 g/mol. The summed E-state index contributed by atoms with van der Waals surface area (Å²) in [5.41, 5.74) is 3.98. The molecule has 0 unspecified atom stereocenters. The summed E-state index contributed by atoms with van der Waals surface area (Å²) in [6, 6.07) is 6.84. The summed E-state index contributed by atoms with van der Waals surface area (Å²) >= 11 is 1.49. The van der Waals surface area contributed by atoms with E-state index < -0.39 is 5.97 Å². The quantitative estimate of drug-likeness (QED) is 0.358. The minimum atomic E-state index is -0.569. The van der Waals surface area contributed by atoms with E-state index >= 15 is 0 Å². The fourth-order valence-electron chi connectivity index (χ4n) is 3.29. The predicted octanol–water partition coefficient (Wildman–Crippen LogP) is 3.35. The van der Waals surface area contributed by atoms with E-state index in [1.165, 1.54) is 11.3 Å². The summed E-state index contributed by atoms with van der Waals surface area (Å²) < 4.78 is 8.92. The van der Waals surface area contributed by atoms with E-state index in [-0.39, 0.29) is 12.4 Å². The van der Waals surface area contributed by atoms with Crippen molar-refractivity contribution in [3.8, 4) is 5.13 Å². The number of hydrogen-bond acceptors (Lipinski definition) is 7. The van der Waals surface area contributed by atoms with E-state index in [0.29, 0.717) is 23.2 Å². The second-order valence-electron chi connectivity index (χ2n) is 6.54. The molecule has 0 N–H and O–H groups in total. The van der Waals surface area contributed by atoms with Crippen LogP contribution in [-0.4, -0.2) is 42.9 Å². The number of ether oxygens (including phenoxy) is 1. The highest BCUT2D eigenvalue weighted by Crippen LogP contribution is 2.23. The van der Waals surface area contributed by atoms with Crippen molar-refractivity contribution in [3.63, 3.8) is 0 Å².